The Morgan fingerprint density at radius 2 is 2.18 bits per heavy atom. The number of rotatable bonds is 3. The van der Waals surface area contributed by atoms with E-state index in [1.165, 1.54) is 0 Å². The van der Waals surface area contributed by atoms with Crippen molar-refractivity contribution in [1.29, 1.82) is 0 Å². The SMILES string of the molecule is O=[N+]([O-])/C(Cc1c(O)ccc2cc(Br)ccc12)=C1/CCCN1. The Bertz CT molecular complexity index is 778. The molecule has 1 fully saturated rings. The summed E-state index contributed by atoms with van der Waals surface area (Å²) in [4.78, 5) is 11.1. The third-order valence-electron chi connectivity index (χ3n) is 3.92. The highest BCUT2D eigenvalue weighted by Gasteiger charge is 2.24. The molecule has 0 radical (unpaired) electrons. The van der Waals surface area contributed by atoms with E-state index in [0.717, 1.165) is 28.2 Å². The zero-order chi connectivity index (χ0) is 15.7. The summed E-state index contributed by atoms with van der Waals surface area (Å²) in [6.07, 6.45) is 1.70. The second kappa shape index (κ2) is 5.96. The molecule has 0 aliphatic carbocycles. The average molecular weight is 363 g/mol. The van der Waals surface area contributed by atoms with Crippen LogP contribution in [0.3, 0.4) is 0 Å². The van der Waals surface area contributed by atoms with Crippen molar-refractivity contribution in [3.63, 3.8) is 0 Å². The fourth-order valence-corrected chi connectivity index (χ4v) is 3.21. The molecule has 2 N–H and O–H groups in total. The first-order valence-corrected chi connectivity index (χ1v) is 7.86. The Hall–Kier alpha value is -2.08. The summed E-state index contributed by atoms with van der Waals surface area (Å²) >= 11 is 3.41. The van der Waals surface area contributed by atoms with E-state index in [-0.39, 0.29) is 22.8 Å². The smallest absolute Gasteiger partial charge is 0.269 e. The second-order valence-electron chi connectivity index (χ2n) is 5.32. The number of fused-ring (bicyclic) bond motifs is 1. The highest BCUT2D eigenvalue weighted by molar-refractivity contribution is 9.10. The Morgan fingerprint density at radius 1 is 1.36 bits per heavy atom. The monoisotopic (exact) mass is 362 g/mol. The maximum absolute atomic E-state index is 11.4. The maximum Gasteiger partial charge on any atom is 0.269 e. The first-order valence-electron chi connectivity index (χ1n) is 7.06. The minimum atomic E-state index is -0.342. The van der Waals surface area contributed by atoms with E-state index >= 15 is 0 Å². The number of hydrogen-bond donors (Lipinski definition) is 2. The third-order valence-corrected chi connectivity index (χ3v) is 4.42. The molecule has 2 aromatic rings. The minimum absolute atomic E-state index is 0.0905. The topological polar surface area (TPSA) is 75.4 Å². The summed E-state index contributed by atoms with van der Waals surface area (Å²) in [5.74, 6) is 0.0905. The second-order valence-corrected chi connectivity index (χ2v) is 6.23. The van der Waals surface area contributed by atoms with Gasteiger partial charge in [-0.1, -0.05) is 28.1 Å². The van der Waals surface area contributed by atoms with Crippen LogP contribution in [0.1, 0.15) is 18.4 Å². The van der Waals surface area contributed by atoms with E-state index < -0.39 is 0 Å². The molecule has 1 aliphatic rings. The van der Waals surface area contributed by atoms with Gasteiger partial charge in [0.25, 0.3) is 5.70 Å². The van der Waals surface area contributed by atoms with Gasteiger partial charge in [-0.25, -0.2) is 0 Å². The van der Waals surface area contributed by atoms with Crippen LogP contribution in [0.2, 0.25) is 0 Å². The van der Waals surface area contributed by atoms with Gasteiger partial charge < -0.3 is 10.4 Å². The molecule has 114 valence electrons. The van der Waals surface area contributed by atoms with Crippen LogP contribution in [0.15, 0.2) is 46.2 Å². The van der Waals surface area contributed by atoms with Crippen LogP contribution in [-0.4, -0.2) is 16.6 Å². The molecule has 6 heteroatoms. The number of nitro groups is 1. The molecule has 0 bridgehead atoms. The van der Waals surface area contributed by atoms with Gasteiger partial charge in [-0.3, -0.25) is 10.1 Å². The molecule has 1 saturated heterocycles. The maximum atomic E-state index is 11.4. The van der Waals surface area contributed by atoms with Crippen molar-refractivity contribution in [3.05, 3.63) is 61.9 Å². The normalized spacial score (nSPS) is 16.6. The van der Waals surface area contributed by atoms with Crippen LogP contribution in [0.5, 0.6) is 5.75 Å². The van der Waals surface area contributed by atoms with Crippen LogP contribution in [0.25, 0.3) is 10.8 Å². The summed E-state index contributed by atoms with van der Waals surface area (Å²) in [7, 11) is 0. The Labute approximate surface area is 135 Å². The standard InChI is InChI=1S/C16H15BrN2O3/c17-11-4-5-12-10(8-11)3-6-16(20)13(12)9-15(19(21)22)14-2-1-7-18-14/h3-6,8,18,20H,1-2,7,9H2/b15-14-. The summed E-state index contributed by atoms with van der Waals surface area (Å²) < 4.78 is 0.932. The van der Waals surface area contributed by atoms with Gasteiger partial charge in [0, 0.05) is 16.6 Å². The molecule has 1 aliphatic heterocycles. The molecule has 1 heterocycles. The lowest BCUT2D eigenvalue weighted by molar-refractivity contribution is -0.428. The lowest BCUT2D eigenvalue weighted by atomic mass is 9.99. The number of phenolic OH excluding ortho intramolecular Hbond substituents is 1. The largest absolute Gasteiger partial charge is 0.508 e. The molecule has 0 unspecified atom stereocenters. The van der Waals surface area contributed by atoms with Gasteiger partial charge in [0.1, 0.15) is 5.75 Å². The molecule has 0 amide bonds. The van der Waals surface area contributed by atoms with Crippen molar-refractivity contribution >= 4 is 26.7 Å². The van der Waals surface area contributed by atoms with E-state index in [9.17, 15) is 15.2 Å². The molecular weight excluding hydrogens is 348 g/mol. The van der Waals surface area contributed by atoms with Gasteiger partial charge in [0.15, 0.2) is 0 Å². The molecule has 22 heavy (non-hydrogen) atoms. The number of nitrogens with one attached hydrogen (secondary N) is 1. The van der Waals surface area contributed by atoms with Crippen LogP contribution >= 0.6 is 15.9 Å². The van der Waals surface area contributed by atoms with E-state index in [0.29, 0.717) is 17.7 Å². The van der Waals surface area contributed by atoms with Crippen LogP contribution < -0.4 is 5.32 Å². The number of allylic oxidation sites excluding steroid dienone is 2. The summed E-state index contributed by atoms with van der Waals surface area (Å²) in [5, 5.41) is 26.4. The highest BCUT2D eigenvalue weighted by atomic mass is 79.9. The van der Waals surface area contributed by atoms with Gasteiger partial charge >= 0.3 is 0 Å². The van der Waals surface area contributed by atoms with Gasteiger partial charge in [-0.15, -0.1) is 0 Å². The summed E-state index contributed by atoms with van der Waals surface area (Å²) in [6.45, 7) is 0.765. The molecule has 0 spiro atoms. The van der Waals surface area contributed by atoms with Gasteiger partial charge in [-0.05, 0) is 41.8 Å². The van der Waals surface area contributed by atoms with Crippen LogP contribution in [-0.2, 0) is 6.42 Å². The minimum Gasteiger partial charge on any atom is -0.508 e. The zero-order valence-electron chi connectivity index (χ0n) is 11.8. The van der Waals surface area contributed by atoms with Crippen molar-refractivity contribution in [2.24, 2.45) is 0 Å². The van der Waals surface area contributed by atoms with Crippen LogP contribution in [0, 0.1) is 10.1 Å². The molecule has 3 rings (SSSR count). The highest BCUT2D eigenvalue weighted by Crippen LogP contribution is 2.32. The van der Waals surface area contributed by atoms with Crippen LogP contribution in [0.4, 0.5) is 0 Å². The molecule has 5 nitrogen and oxygen atoms in total. The molecule has 2 aromatic carbocycles. The third kappa shape index (κ3) is 2.78. The zero-order valence-corrected chi connectivity index (χ0v) is 13.4. The van der Waals surface area contributed by atoms with Gasteiger partial charge in [0.05, 0.1) is 17.0 Å². The molecule has 0 saturated carbocycles. The van der Waals surface area contributed by atoms with E-state index in [4.69, 9.17) is 0 Å². The molecule has 0 aromatic heterocycles. The summed E-state index contributed by atoms with van der Waals surface area (Å²) in [6, 6.07) is 9.09. The number of halogens is 1. The Balaban J connectivity index is 2.11. The quantitative estimate of drug-likeness (QED) is 0.644. The fraction of sp³-hybridized carbons (Fsp3) is 0.250. The van der Waals surface area contributed by atoms with Crippen molar-refractivity contribution in [1.82, 2.24) is 5.32 Å². The van der Waals surface area contributed by atoms with E-state index in [1.807, 2.05) is 24.3 Å². The Kier molecular flexibility index (Phi) is 4.02. The lowest BCUT2D eigenvalue weighted by Gasteiger charge is -2.10. The summed E-state index contributed by atoms with van der Waals surface area (Å²) in [5.41, 5.74) is 1.42. The molecule has 0 atom stereocenters. The first-order chi connectivity index (χ1) is 10.6. The lowest BCUT2D eigenvalue weighted by Crippen LogP contribution is -2.14. The number of benzene rings is 2. The van der Waals surface area contributed by atoms with Crippen molar-refractivity contribution < 1.29 is 10.0 Å². The number of nitrogens with zero attached hydrogens (tertiary/aromatic N) is 1. The predicted molar refractivity (Wildman–Crippen MR) is 88.3 cm³/mol. The van der Waals surface area contributed by atoms with Crippen molar-refractivity contribution in [2.45, 2.75) is 19.3 Å². The number of aromatic hydroxyl groups is 1. The molecular formula is C16H15BrN2O3. The van der Waals surface area contributed by atoms with Crippen molar-refractivity contribution in [3.8, 4) is 5.75 Å². The van der Waals surface area contributed by atoms with E-state index in [2.05, 4.69) is 21.2 Å². The van der Waals surface area contributed by atoms with Gasteiger partial charge in [0.2, 0.25) is 0 Å². The first kappa shape index (κ1) is 14.8. The van der Waals surface area contributed by atoms with Gasteiger partial charge in [-0.2, -0.15) is 0 Å². The number of phenols is 1. The Morgan fingerprint density at radius 3 is 2.86 bits per heavy atom. The predicted octanol–water partition coefficient (Wildman–Crippen LogP) is 3.72. The van der Waals surface area contributed by atoms with Crippen molar-refractivity contribution in [2.75, 3.05) is 6.54 Å². The number of hydrogen-bond acceptors (Lipinski definition) is 4. The van der Waals surface area contributed by atoms with E-state index in [1.54, 1.807) is 6.07 Å². The average Bonchev–Trinajstić information content (AvgIpc) is 3.00. The fourth-order valence-electron chi connectivity index (χ4n) is 2.83.